The predicted octanol–water partition coefficient (Wildman–Crippen LogP) is 3.99. The molecule has 0 spiro atoms. The molecule has 10 heteroatoms. The van der Waals surface area contributed by atoms with Gasteiger partial charge in [-0.25, -0.2) is 15.0 Å². The predicted molar refractivity (Wildman–Crippen MR) is 120 cm³/mol. The quantitative estimate of drug-likeness (QED) is 0.516. The van der Waals surface area contributed by atoms with E-state index in [9.17, 15) is 9.90 Å². The van der Waals surface area contributed by atoms with E-state index in [0.717, 1.165) is 29.9 Å². The number of aliphatic carboxylic acids is 1. The van der Waals surface area contributed by atoms with Gasteiger partial charge in [-0.1, -0.05) is 19.0 Å². The normalized spacial score (nSPS) is 18.3. The van der Waals surface area contributed by atoms with E-state index in [-0.39, 0.29) is 17.9 Å². The van der Waals surface area contributed by atoms with Crippen LogP contribution in [-0.4, -0.2) is 42.3 Å². The number of hydrogen-bond donors (Lipinski definition) is 2. The van der Waals surface area contributed by atoms with Crippen molar-refractivity contribution in [3.05, 3.63) is 41.7 Å². The number of pyridine rings is 1. The maximum absolute atomic E-state index is 11.3. The number of hydrogen-bond acceptors (Lipinski definition) is 9. The average Bonchev–Trinajstić information content (AvgIpc) is 3.18. The van der Waals surface area contributed by atoms with Crippen molar-refractivity contribution in [2.45, 2.75) is 65.0 Å². The van der Waals surface area contributed by atoms with Crippen LogP contribution in [0.15, 0.2) is 29.2 Å². The van der Waals surface area contributed by atoms with Crippen LogP contribution in [0.2, 0.25) is 0 Å². The minimum Gasteiger partial charge on any atom is -0.489 e. The largest absolute Gasteiger partial charge is 0.489 e. The van der Waals surface area contributed by atoms with Crippen molar-refractivity contribution in [2.24, 2.45) is 5.92 Å². The van der Waals surface area contributed by atoms with E-state index >= 15 is 0 Å². The summed E-state index contributed by atoms with van der Waals surface area (Å²) in [6.45, 7) is 6.35. The number of carboxylic acid groups (broad SMARTS) is 1. The van der Waals surface area contributed by atoms with Gasteiger partial charge in [0.25, 0.3) is 0 Å². The molecule has 0 aliphatic heterocycles. The van der Waals surface area contributed by atoms with Gasteiger partial charge in [-0.2, -0.15) is 4.98 Å². The first-order valence-corrected chi connectivity index (χ1v) is 11.1. The van der Waals surface area contributed by atoms with E-state index < -0.39 is 5.97 Å². The third kappa shape index (κ3) is 5.44. The zero-order chi connectivity index (χ0) is 23.4. The number of nitrogens with zero attached hydrogens (tertiary/aromatic N) is 5. The van der Waals surface area contributed by atoms with Gasteiger partial charge in [-0.05, 0) is 44.7 Å². The monoisotopic (exact) mass is 452 g/mol. The van der Waals surface area contributed by atoms with Crippen LogP contribution in [0, 0.1) is 12.8 Å². The Bertz CT molecular complexity index is 1100. The minimum atomic E-state index is -0.754. The maximum atomic E-state index is 11.3. The zero-order valence-corrected chi connectivity index (χ0v) is 19.0. The topological polar surface area (TPSA) is 136 Å². The van der Waals surface area contributed by atoms with Gasteiger partial charge in [0.2, 0.25) is 5.95 Å². The van der Waals surface area contributed by atoms with Crippen molar-refractivity contribution >= 4 is 11.9 Å². The Hall–Kier alpha value is -3.56. The van der Waals surface area contributed by atoms with Crippen molar-refractivity contribution in [3.63, 3.8) is 0 Å². The van der Waals surface area contributed by atoms with Crippen LogP contribution in [-0.2, 0) is 11.3 Å². The second-order valence-corrected chi connectivity index (χ2v) is 8.57. The summed E-state index contributed by atoms with van der Waals surface area (Å²) in [5, 5.41) is 16.6. The molecule has 0 radical (unpaired) electrons. The molecule has 33 heavy (non-hydrogen) atoms. The fraction of sp³-hybridized carbons (Fsp3) is 0.478. The Morgan fingerprint density at radius 1 is 1.27 bits per heavy atom. The molecule has 4 rings (SSSR count). The lowest BCUT2D eigenvalue weighted by Gasteiger charge is -2.27. The first-order chi connectivity index (χ1) is 15.9. The summed E-state index contributed by atoms with van der Waals surface area (Å²) in [7, 11) is 0. The van der Waals surface area contributed by atoms with Gasteiger partial charge in [0.1, 0.15) is 23.6 Å². The second kappa shape index (κ2) is 9.93. The van der Waals surface area contributed by atoms with E-state index in [1.807, 2.05) is 32.9 Å². The van der Waals surface area contributed by atoms with Gasteiger partial charge >= 0.3 is 5.97 Å². The fourth-order valence-electron chi connectivity index (χ4n) is 3.89. The standard InChI is InChI=1S/C23H28N6O4/c1-13(2)21-26-12-27-23(28-21)25-11-18-14(3)29-33-20(18)19-8-7-17(10-24-19)32-16-6-4-5-15(9-16)22(30)31/h7-8,10,12-13,15-16H,4-6,9,11H2,1-3H3,(H,30,31)(H,25,26,27,28)/t15-,16-/m0/s1. The molecule has 0 unspecified atom stereocenters. The molecule has 174 valence electrons. The molecule has 10 nitrogen and oxygen atoms in total. The highest BCUT2D eigenvalue weighted by molar-refractivity contribution is 5.70. The van der Waals surface area contributed by atoms with Crippen molar-refractivity contribution in [1.29, 1.82) is 0 Å². The van der Waals surface area contributed by atoms with Gasteiger partial charge in [0.15, 0.2) is 5.76 Å². The molecular formula is C23H28N6O4. The average molecular weight is 453 g/mol. The summed E-state index contributed by atoms with van der Waals surface area (Å²) in [5.74, 6) is 1.49. The van der Waals surface area contributed by atoms with Gasteiger partial charge in [0.05, 0.1) is 23.9 Å². The maximum Gasteiger partial charge on any atom is 0.306 e. The Balaban J connectivity index is 1.43. The van der Waals surface area contributed by atoms with Crippen LogP contribution < -0.4 is 10.1 Å². The van der Waals surface area contributed by atoms with E-state index in [4.69, 9.17) is 9.26 Å². The molecule has 1 aliphatic rings. The van der Waals surface area contributed by atoms with E-state index in [1.54, 1.807) is 6.20 Å². The minimum absolute atomic E-state index is 0.115. The third-order valence-electron chi connectivity index (χ3n) is 5.76. The summed E-state index contributed by atoms with van der Waals surface area (Å²) in [6.07, 6.45) is 5.93. The number of aromatic nitrogens is 5. The SMILES string of the molecule is Cc1noc(-c2ccc(O[C@H]3CCC[C@H](C(=O)O)C3)cn2)c1CNc1ncnc(C(C)C)n1. The van der Waals surface area contributed by atoms with Crippen LogP contribution in [0.5, 0.6) is 5.75 Å². The van der Waals surface area contributed by atoms with E-state index in [0.29, 0.717) is 42.5 Å². The Labute approximate surface area is 191 Å². The molecule has 3 heterocycles. The smallest absolute Gasteiger partial charge is 0.306 e. The van der Waals surface area contributed by atoms with Crippen molar-refractivity contribution in [1.82, 2.24) is 25.1 Å². The van der Waals surface area contributed by atoms with E-state index in [1.165, 1.54) is 6.33 Å². The first kappa shape index (κ1) is 22.6. The molecule has 2 N–H and O–H groups in total. The van der Waals surface area contributed by atoms with Gasteiger partial charge in [-0.15, -0.1) is 0 Å². The number of ether oxygens (including phenoxy) is 1. The molecule has 0 aromatic carbocycles. The molecule has 3 aromatic rings. The van der Waals surface area contributed by atoms with Crippen molar-refractivity contribution < 1.29 is 19.2 Å². The summed E-state index contributed by atoms with van der Waals surface area (Å²) >= 11 is 0. The third-order valence-corrected chi connectivity index (χ3v) is 5.76. The zero-order valence-electron chi connectivity index (χ0n) is 19.0. The fourth-order valence-corrected chi connectivity index (χ4v) is 3.89. The number of nitrogens with one attached hydrogen (secondary N) is 1. The number of carbonyl (C=O) groups is 1. The van der Waals surface area contributed by atoms with E-state index in [2.05, 4.69) is 30.4 Å². The van der Waals surface area contributed by atoms with Crippen LogP contribution in [0.1, 0.15) is 62.5 Å². The van der Waals surface area contributed by atoms with Gasteiger partial charge in [0, 0.05) is 18.0 Å². The Morgan fingerprint density at radius 3 is 2.85 bits per heavy atom. The molecule has 1 fully saturated rings. The lowest BCUT2D eigenvalue weighted by Crippen LogP contribution is -2.29. The molecule has 3 aromatic heterocycles. The lowest BCUT2D eigenvalue weighted by atomic mass is 9.87. The molecule has 1 saturated carbocycles. The van der Waals surface area contributed by atoms with Crippen LogP contribution in [0.25, 0.3) is 11.5 Å². The number of anilines is 1. The molecule has 1 aliphatic carbocycles. The van der Waals surface area contributed by atoms with Crippen LogP contribution >= 0.6 is 0 Å². The van der Waals surface area contributed by atoms with Gasteiger partial charge in [-0.3, -0.25) is 4.79 Å². The van der Waals surface area contributed by atoms with Crippen molar-refractivity contribution in [2.75, 3.05) is 5.32 Å². The second-order valence-electron chi connectivity index (χ2n) is 8.57. The molecule has 0 bridgehead atoms. The highest BCUT2D eigenvalue weighted by atomic mass is 16.5. The number of carboxylic acids is 1. The highest BCUT2D eigenvalue weighted by Gasteiger charge is 2.28. The molecular weight excluding hydrogens is 424 g/mol. The highest BCUT2D eigenvalue weighted by Crippen LogP contribution is 2.30. The van der Waals surface area contributed by atoms with Crippen LogP contribution in [0.3, 0.4) is 0 Å². The molecule has 2 atom stereocenters. The lowest BCUT2D eigenvalue weighted by molar-refractivity contribution is -0.143. The first-order valence-electron chi connectivity index (χ1n) is 11.1. The van der Waals surface area contributed by atoms with Crippen molar-refractivity contribution in [3.8, 4) is 17.2 Å². The summed E-state index contributed by atoms with van der Waals surface area (Å²) in [5.41, 5.74) is 2.24. The Morgan fingerprint density at radius 2 is 2.12 bits per heavy atom. The summed E-state index contributed by atoms with van der Waals surface area (Å²) in [6, 6.07) is 3.64. The Kier molecular flexibility index (Phi) is 6.81. The van der Waals surface area contributed by atoms with Gasteiger partial charge < -0.3 is 19.7 Å². The molecule has 0 amide bonds. The molecule has 0 saturated heterocycles. The number of aryl methyl sites for hydroxylation is 1. The van der Waals surface area contributed by atoms with Crippen LogP contribution in [0.4, 0.5) is 5.95 Å². The number of rotatable bonds is 8. The summed E-state index contributed by atoms with van der Waals surface area (Å²) in [4.78, 5) is 28.6. The summed E-state index contributed by atoms with van der Waals surface area (Å²) < 4.78 is 11.5.